The van der Waals surface area contributed by atoms with Crippen LogP contribution in [0.1, 0.15) is 30.4 Å². The molecule has 0 spiro atoms. The van der Waals surface area contributed by atoms with Crippen LogP contribution in [0.25, 0.3) is 11.8 Å². The summed E-state index contributed by atoms with van der Waals surface area (Å²) in [6, 6.07) is 11.1. The lowest BCUT2D eigenvalue weighted by Crippen LogP contribution is -2.25. The Morgan fingerprint density at radius 2 is 1.87 bits per heavy atom. The van der Waals surface area contributed by atoms with E-state index in [0.29, 0.717) is 11.3 Å². The Hall–Kier alpha value is -2.87. The Kier molecular flexibility index (Phi) is 4.53. The van der Waals surface area contributed by atoms with Gasteiger partial charge in [0.1, 0.15) is 11.6 Å². The van der Waals surface area contributed by atoms with Crippen molar-refractivity contribution in [3.63, 3.8) is 0 Å². The van der Waals surface area contributed by atoms with Crippen molar-refractivity contribution in [2.75, 3.05) is 13.1 Å². The Labute approximate surface area is 135 Å². The van der Waals surface area contributed by atoms with Crippen LogP contribution in [0.5, 0.6) is 0 Å². The van der Waals surface area contributed by atoms with Crippen LogP contribution in [0.3, 0.4) is 0 Å². The predicted octanol–water partition coefficient (Wildman–Crippen LogP) is 2.56. The van der Waals surface area contributed by atoms with Gasteiger partial charge in [-0.15, -0.1) is 0 Å². The number of hydrogen-bond acceptors (Lipinski definition) is 4. The minimum Gasteiger partial charge on any atom is -0.377 e. The van der Waals surface area contributed by atoms with E-state index < -0.39 is 0 Å². The van der Waals surface area contributed by atoms with Crippen molar-refractivity contribution in [3.8, 4) is 11.8 Å². The average molecular weight is 306 g/mol. The number of nitriles is 1. The molecule has 0 bridgehead atoms. The first-order chi connectivity index (χ1) is 11.3. The van der Waals surface area contributed by atoms with Crippen LogP contribution >= 0.6 is 0 Å². The second-order valence-electron chi connectivity index (χ2n) is 5.55. The summed E-state index contributed by atoms with van der Waals surface area (Å²) in [6.07, 6.45) is 8.99. The van der Waals surface area contributed by atoms with Gasteiger partial charge >= 0.3 is 0 Å². The van der Waals surface area contributed by atoms with Gasteiger partial charge in [-0.3, -0.25) is 4.79 Å². The number of likely N-dealkylation sites (tertiary alicyclic amines) is 1. The van der Waals surface area contributed by atoms with Crippen molar-refractivity contribution in [1.82, 2.24) is 14.7 Å². The fourth-order valence-electron chi connectivity index (χ4n) is 2.71. The molecule has 0 aliphatic carbocycles. The van der Waals surface area contributed by atoms with Crippen LogP contribution in [-0.2, 0) is 0 Å². The fourth-order valence-corrected chi connectivity index (χ4v) is 2.71. The molecule has 1 aromatic carbocycles. The van der Waals surface area contributed by atoms with Crippen molar-refractivity contribution >= 4 is 6.08 Å². The zero-order valence-corrected chi connectivity index (χ0v) is 12.9. The highest BCUT2D eigenvalue weighted by atomic mass is 16.1. The quantitative estimate of drug-likeness (QED) is 0.874. The number of aromatic nitrogens is 2. The Bertz CT molecular complexity index is 796. The first kappa shape index (κ1) is 15.0. The Morgan fingerprint density at radius 3 is 2.57 bits per heavy atom. The molecule has 0 radical (unpaired) electrons. The molecule has 0 N–H and O–H groups in total. The van der Waals surface area contributed by atoms with E-state index in [1.165, 1.54) is 23.9 Å². The standard InChI is InChI=1S/C18H18N4O/c19-13-17-15(9-12-21-10-5-2-6-11-21)14-20-22(18(17)23)16-7-3-1-4-8-16/h1,3-4,7-9,12,14H,2,5-6,10-11H2/b12-9+. The third kappa shape index (κ3) is 3.32. The molecular formula is C18H18N4O. The molecule has 1 fully saturated rings. The van der Waals surface area contributed by atoms with E-state index in [-0.39, 0.29) is 11.1 Å². The molecule has 0 atom stereocenters. The van der Waals surface area contributed by atoms with E-state index >= 15 is 0 Å². The van der Waals surface area contributed by atoms with Crippen LogP contribution in [-0.4, -0.2) is 27.8 Å². The van der Waals surface area contributed by atoms with Gasteiger partial charge in [-0.25, -0.2) is 0 Å². The fraction of sp³-hybridized carbons (Fsp3) is 0.278. The Balaban J connectivity index is 1.94. The number of rotatable bonds is 3. The summed E-state index contributed by atoms with van der Waals surface area (Å²) >= 11 is 0. The minimum absolute atomic E-state index is 0.122. The normalized spacial score (nSPS) is 14.8. The second kappa shape index (κ2) is 6.93. The lowest BCUT2D eigenvalue weighted by Gasteiger charge is -2.24. The molecule has 0 amide bonds. The van der Waals surface area contributed by atoms with Crippen molar-refractivity contribution in [2.45, 2.75) is 19.3 Å². The molecule has 3 rings (SSSR count). The van der Waals surface area contributed by atoms with Gasteiger partial charge in [0.2, 0.25) is 0 Å². The van der Waals surface area contributed by atoms with Crippen LogP contribution in [0.4, 0.5) is 0 Å². The molecule has 1 aliphatic rings. The van der Waals surface area contributed by atoms with E-state index in [0.717, 1.165) is 13.1 Å². The summed E-state index contributed by atoms with van der Waals surface area (Å²) in [5.41, 5.74) is 0.951. The topological polar surface area (TPSA) is 61.9 Å². The summed E-state index contributed by atoms with van der Waals surface area (Å²) in [6.45, 7) is 2.04. The zero-order valence-electron chi connectivity index (χ0n) is 12.9. The van der Waals surface area contributed by atoms with Gasteiger partial charge in [0.25, 0.3) is 5.56 Å². The van der Waals surface area contributed by atoms with E-state index in [9.17, 15) is 10.1 Å². The van der Waals surface area contributed by atoms with Crippen molar-refractivity contribution in [3.05, 3.63) is 64.2 Å². The maximum atomic E-state index is 12.5. The van der Waals surface area contributed by atoms with Gasteiger partial charge in [0.05, 0.1) is 11.9 Å². The minimum atomic E-state index is -0.389. The summed E-state index contributed by atoms with van der Waals surface area (Å²) in [4.78, 5) is 14.7. The maximum Gasteiger partial charge on any atom is 0.290 e. The first-order valence-corrected chi connectivity index (χ1v) is 7.80. The van der Waals surface area contributed by atoms with Crippen molar-refractivity contribution in [2.24, 2.45) is 0 Å². The molecule has 2 heterocycles. The molecule has 1 aromatic heterocycles. The highest BCUT2D eigenvalue weighted by Gasteiger charge is 2.11. The third-order valence-corrected chi connectivity index (χ3v) is 3.98. The number of hydrogen-bond donors (Lipinski definition) is 0. The van der Waals surface area contributed by atoms with Crippen LogP contribution in [0.15, 0.2) is 47.5 Å². The molecule has 116 valence electrons. The van der Waals surface area contributed by atoms with Crippen LogP contribution in [0, 0.1) is 11.3 Å². The molecule has 5 heteroatoms. The van der Waals surface area contributed by atoms with Crippen LogP contribution in [0.2, 0.25) is 0 Å². The monoisotopic (exact) mass is 306 g/mol. The average Bonchev–Trinajstić information content (AvgIpc) is 2.61. The third-order valence-electron chi connectivity index (χ3n) is 3.98. The van der Waals surface area contributed by atoms with Gasteiger partial charge < -0.3 is 4.90 Å². The second-order valence-corrected chi connectivity index (χ2v) is 5.55. The largest absolute Gasteiger partial charge is 0.377 e. The molecule has 0 saturated carbocycles. The summed E-state index contributed by atoms with van der Waals surface area (Å²) in [5.74, 6) is 0. The van der Waals surface area contributed by atoms with Gasteiger partial charge in [-0.1, -0.05) is 18.2 Å². The zero-order chi connectivity index (χ0) is 16.1. The molecule has 1 saturated heterocycles. The molecule has 2 aromatic rings. The predicted molar refractivity (Wildman–Crippen MR) is 89.0 cm³/mol. The van der Waals surface area contributed by atoms with E-state index in [4.69, 9.17) is 0 Å². The first-order valence-electron chi connectivity index (χ1n) is 7.80. The lowest BCUT2D eigenvalue weighted by atomic mass is 10.1. The lowest BCUT2D eigenvalue weighted by molar-refractivity contribution is 0.311. The summed E-state index contributed by atoms with van der Waals surface area (Å²) in [5, 5.41) is 13.6. The van der Waals surface area contributed by atoms with Gasteiger partial charge in [-0.2, -0.15) is 15.0 Å². The SMILES string of the molecule is N#Cc1c(/C=C/N2CCCCC2)cnn(-c2ccccc2)c1=O. The number of nitrogens with zero attached hydrogens (tertiary/aromatic N) is 4. The number of para-hydroxylation sites is 1. The van der Waals surface area contributed by atoms with Crippen molar-refractivity contribution in [1.29, 1.82) is 5.26 Å². The van der Waals surface area contributed by atoms with Crippen LogP contribution < -0.4 is 5.56 Å². The van der Waals surface area contributed by atoms with Crippen molar-refractivity contribution < 1.29 is 0 Å². The highest BCUT2D eigenvalue weighted by Crippen LogP contribution is 2.12. The smallest absolute Gasteiger partial charge is 0.290 e. The number of piperidine rings is 1. The van der Waals surface area contributed by atoms with Gasteiger partial charge in [0, 0.05) is 18.7 Å². The summed E-state index contributed by atoms with van der Waals surface area (Å²) < 4.78 is 1.26. The van der Waals surface area contributed by atoms with Gasteiger partial charge in [-0.05, 0) is 43.7 Å². The van der Waals surface area contributed by atoms with E-state index in [2.05, 4.69) is 10.00 Å². The number of benzene rings is 1. The molecule has 23 heavy (non-hydrogen) atoms. The maximum absolute atomic E-state index is 12.5. The molecule has 5 nitrogen and oxygen atoms in total. The Morgan fingerprint density at radius 1 is 1.13 bits per heavy atom. The highest BCUT2D eigenvalue weighted by molar-refractivity contribution is 5.56. The molecule has 0 unspecified atom stereocenters. The van der Waals surface area contributed by atoms with Gasteiger partial charge in [0.15, 0.2) is 0 Å². The van der Waals surface area contributed by atoms with E-state index in [1.54, 1.807) is 18.3 Å². The summed E-state index contributed by atoms with van der Waals surface area (Å²) in [7, 11) is 0. The molecular weight excluding hydrogens is 288 g/mol. The van der Waals surface area contributed by atoms with E-state index in [1.807, 2.05) is 36.5 Å². The molecule has 1 aliphatic heterocycles.